The van der Waals surface area contributed by atoms with Gasteiger partial charge < -0.3 is 4.90 Å². The number of piperazine rings is 1. The molecular formula is C26H23IN4O. The van der Waals surface area contributed by atoms with Gasteiger partial charge in [0.05, 0.1) is 16.8 Å². The van der Waals surface area contributed by atoms with Gasteiger partial charge in [0, 0.05) is 59.6 Å². The molecule has 6 heteroatoms. The van der Waals surface area contributed by atoms with Crippen LogP contribution in [0.15, 0.2) is 79.1 Å². The highest BCUT2D eigenvalue weighted by Crippen LogP contribution is 2.27. The Morgan fingerprint density at radius 1 is 0.906 bits per heavy atom. The summed E-state index contributed by atoms with van der Waals surface area (Å²) in [4.78, 5) is 26.9. The maximum atomic E-state index is 13.6. The fraction of sp³-hybridized carbons (Fsp3) is 0.192. The number of benzene rings is 2. The molecule has 1 amide bonds. The van der Waals surface area contributed by atoms with Crippen molar-refractivity contribution in [3.8, 4) is 11.3 Å². The molecule has 32 heavy (non-hydrogen) atoms. The normalized spacial score (nSPS) is 14.6. The molecule has 1 aliphatic heterocycles. The molecule has 0 saturated carbocycles. The van der Waals surface area contributed by atoms with Gasteiger partial charge in [-0.05, 0) is 58.5 Å². The van der Waals surface area contributed by atoms with E-state index in [9.17, 15) is 4.79 Å². The lowest BCUT2D eigenvalue weighted by atomic mass is 10.0. The molecule has 0 bridgehead atoms. The SMILES string of the molecule is O=C(c1cc(-c2ccncc2)nc2cc(I)ccc12)N1CCN(Cc2ccccc2)CC1. The van der Waals surface area contributed by atoms with Crippen LogP contribution in [0.1, 0.15) is 15.9 Å². The molecule has 5 nitrogen and oxygen atoms in total. The minimum absolute atomic E-state index is 0.0771. The first kappa shape index (κ1) is 21.0. The Balaban J connectivity index is 1.41. The van der Waals surface area contributed by atoms with Crippen molar-refractivity contribution in [3.63, 3.8) is 0 Å². The zero-order chi connectivity index (χ0) is 21.9. The second kappa shape index (κ2) is 9.34. The number of hydrogen-bond donors (Lipinski definition) is 0. The van der Waals surface area contributed by atoms with Gasteiger partial charge in [-0.2, -0.15) is 0 Å². The highest BCUT2D eigenvalue weighted by Gasteiger charge is 2.24. The summed E-state index contributed by atoms with van der Waals surface area (Å²) in [6.45, 7) is 4.12. The summed E-state index contributed by atoms with van der Waals surface area (Å²) in [6, 6.07) is 22.4. The number of halogens is 1. The number of hydrogen-bond acceptors (Lipinski definition) is 4. The summed E-state index contributed by atoms with van der Waals surface area (Å²) >= 11 is 2.29. The molecule has 0 unspecified atom stereocenters. The van der Waals surface area contributed by atoms with Crippen LogP contribution in [0.2, 0.25) is 0 Å². The van der Waals surface area contributed by atoms with Gasteiger partial charge in [0.25, 0.3) is 5.91 Å². The number of amides is 1. The van der Waals surface area contributed by atoms with Crippen LogP contribution in [0, 0.1) is 3.57 Å². The van der Waals surface area contributed by atoms with E-state index in [-0.39, 0.29) is 5.91 Å². The minimum atomic E-state index is 0.0771. The van der Waals surface area contributed by atoms with Crippen molar-refractivity contribution < 1.29 is 4.79 Å². The largest absolute Gasteiger partial charge is 0.336 e. The lowest BCUT2D eigenvalue weighted by Gasteiger charge is -2.35. The smallest absolute Gasteiger partial charge is 0.254 e. The first-order valence-electron chi connectivity index (χ1n) is 10.7. The standard InChI is InChI=1S/C26H23IN4O/c27-21-6-7-22-23(17-24(29-25(22)16-21)20-8-10-28-11-9-20)26(32)31-14-12-30(13-15-31)18-19-4-2-1-3-5-19/h1-11,16-17H,12-15,18H2. The third kappa shape index (κ3) is 4.52. The van der Waals surface area contributed by atoms with Crippen molar-refractivity contribution in [3.05, 3.63) is 93.8 Å². The Hall–Kier alpha value is -2.84. The van der Waals surface area contributed by atoms with E-state index in [0.717, 1.165) is 64.0 Å². The fourth-order valence-corrected chi connectivity index (χ4v) is 4.64. The molecule has 0 N–H and O–H groups in total. The van der Waals surface area contributed by atoms with E-state index in [2.05, 4.69) is 56.7 Å². The minimum Gasteiger partial charge on any atom is -0.336 e. The van der Waals surface area contributed by atoms with E-state index < -0.39 is 0 Å². The molecule has 0 aliphatic carbocycles. The second-order valence-electron chi connectivity index (χ2n) is 8.01. The molecule has 0 radical (unpaired) electrons. The van der Waals surface area contributed by atoms with Crippen molar-refractivity contribution in [2.45, 2.75) is 6.54 Å². The average Bonchev–Trinajstić information content (AvgIpc) is 2.84. The number of carbonyl (C=O) groups excluding carboxylic acids is 1. The first-order chi connectivity index (χ1) is 15.7. The monoisotopic (exact) mass is 534 g/mol. The second-order valence-corrected chi connectivity index (χ2v) is 9.25. The van der Waals surface area contributed by atoms with Gasteiger partial charge in [-0.1, -0.05) is 36.4 Å². The van der Waals surface area contributed by atoms with Crippen LogP contribution in [0.3, 0.4) is 0 Å². The summed E-state index contributed by atoms with van der Waals surface area (Å²) in [5, 5.41) is 0.903. The van der Waals surface area contributed by atoms with E-state index in [4.69, 9.17) is 4.98 Å². The average molecular weight is 534 g/mol. The number of pyridine rings is 2. The lowest BCUT2D eigenvalue weighted by Crippen LogP contribution is -2.48. The predicted octanol–water partition coefficient (Wildman–Crippen LogP) is 4.86. The van der Waals surface area contributed by atoms with Crippen LogP contribution >= 0.6 is 22.6 Å². The summed E-state index contributed by atoms with van der Waals surface area (Å²) in [5.74, 6) is 0.0771. The Labute approximate surface area is 201 Å². The van der Waals surface area contributed by atoms with Gasteiger partial charge >= 0.3 is 0 Å². The quantitative estimate of drug-likeness (QED) is 0.351. The van der Waals surface area contributed by atoms with Gasteiger partial charge in [0.15, 0.2) is 0 Å². The maximum absolute atomic E-state index is 13.6. The van der Waals surface area contributed by atoms with Gasteiger partial charge in [-0.25, -0.2) is 4.98 Å². The Kier molecular flexibility index (Phi) is 6.14. The molecule has 1 fully saturated rings. The molecule has 5 rings (SSSR count). The molecule has 3 heterocycles. The molecule has 2 aromatic heterocycles. The van der Waals surface area contributed by atoms with Crippen LogP contribution in [-0.2, 0) is 6.54 Å². The van der Waals surface area contributed by atoms with Crippen LogP contribution in [0.5, 0.6) is 0 Å². The fourth-order valence-electron chi connectivity index (χ4n) is 4.17. The highest BCUT2D eigenvalue weighted by molar-refractivity contribution is 14.1. The number of aromatic nitrogens is 2. The summed E-state index contributed by atoms with van der Waals surface area (Å²) in [6.07, 6.45) is 3.51. The number of rotatable bonds is 4. The van der Waals surface area contributed by atoms with Crippen LogP contribution < -0.4 is 0 Å². The van der Waals surface area contributed by atoms with Crippen LogP contribution in [0.25, 0.3) is 22.2 Å². The number of fused-ring (bicyclic) bond motifs is 1. The van der Waals surface area contributed by atoms with E-state index >= 15 is 0 Å². The Morgan fingerprint density at radius 2 is 1.66 bits per heavy atom. The summed E-state index contributed by atoms with van der Waals surface area (Å²) < 4.78 is 1.10. The maximum Gasteiger partial charge on any atom is 0.254 e. The Bertz CT molecular complexity index is 1240. The van der Waals surface area contributed by atoms with E-state index in [1.165, 1.54) is 5.56 Å². The molecule has 160 valence electrons. The lowest BCUT2D eigenvalue weighted by molar-refractivity contribution is 0.0630. The van der Waals surface area contributed by atoms with Crippen LogP contribution in [0.4, 0.5) is 0 Å². The molecule has 1 saturated heterocycles. The number of nitrogens with zero attached hydrogens (tertiary/aromatic N) is 4. The summed E-state index contributed by atoms with van der Waals surface area (Å²) in [7, 11) is 0. The molecule has 0 spiro atoms. The Morgan fingerprint density at radius 3 is 2.41 bits per heavy atom. The van der Waals surface area contributed by atoms with E-state index in [1.54, 1.807) is 12.4 Å². The van der Waals surface area contributed by atoms with Gasteiger partial charge in [-0.3, -0.25) is 14.7 Å². The van der Waals surface area contributed by atoms with Gasteiger partial charge in [0.1, 0.15) is 0 Å². The number of carbonyl (C=O) groups is 1. The van der Waals surface area contributed by atoms with Crippen molar-refractivity contribution in [1.29, 1.82) is 0 Å². The van der Waals surface area contributed by atoms with Crippen molar-refractivity contribution in [1.82, 2.24) is 19.8 Å². The predicted molar refractivity (Wildman–Crippen MR) is 135 cm³/mol. The molecular weight excluding hydrogens is 511 g/mol. The van der Waals surface area contributed by atoms with Crippen molar-refractivity contribution in [2.24, 2.45) is 0 Å². The first-order valence-corrected chi connectivity index (χ1v) is 11.8. The zero-order valence-electron chi connectivity index (χ0n) is 17.6. The zero-order valence-corrected chi connectivity index (χ0v) is 19.8. The van der Waals surface area contributed by atoms with E-state index in [1.807, 2.05) is 47.4 Å². The highest BCUT2D eigenvalue weighted by atomic mass is 127. The molecule has 4 aromatic rings. The third-order valence-corrected chi connectivity index (χ3v) is 6.56. The summed E-state index contributed by atoms with van der Waals surface area (Å²) in [5.41, 5.74) is 4.63. The topological polar surface area (TPSA) is 49.3 Å². The van der Waals surface area contributed by atoms with Crippen molar-refractivity contribution >= 4 is 39.4 Å². The van der Waals surface area contributed by atoms with Gasteiger partial charge in [-0.15, -0.1) is 0 Å². The van der Waals surface area contributed by atoms with Gasteiger partial charge in [0.2, 0.25) is 0 Å². The van der Waals surface area contributed by atoms with Crippen molar-refractivity contribution in [2.75, 3.05) is 26.2 Å². The molecule has 0 atom stereocenters. The van der Waals surface area contributed by atoms with E-state index in [0.29, 0.717) is 0 Å². The van der Waals surface area contributed by atoms with Crippen LogP contribution in [-0.4, -0.2) is 51.9 Å². The molecule has 1 aliphatic rings. The third-order valence-electron chi connectivity index (χ3n) is 5.89. The molecule has 2 aromatic carbocycles.